The van der Waals surface area contributed by atoms with Crippen molar-refractivity contribution in [2.24, 2.45) is 0 Å². The van der Waals surface area contributed by atoms with E-state index < -0.39 is 0 Å². The average Bonchev–Trinajstić information content (AvgIpc) is 2.68. The van der Waals surface area contributed by atoms with Crippen molar-refractivity contribution in [3.63, 3.8) is 0 Å². The standard InChI is InChI=1S/C18H21N5O3/c1-13-3-4-16(26-2)15(11-13)20-17(25)14-5-6-19-18(21-14)23-9-7-22(12-24)8-10-23/h3-6,11-12H,7-10H2,1-2H3,(H,20,25). The van der Waals surface area contributed by atoms with Crippen LogP contribution in [0, 0.1) is 6.92 Å². The third kappa shape index (κ3) is 3.90. The maximum Gasteiger partial charge on any atom is 0.274 e. The third-order valence-electron chi connectivity index (χ3n) is 4.22. The molecule has 2 heterocycles. The van der Waals surface area contributed by atoms with Crippen LogP contribution < -0.4 is 15.0 Å². The van der Waals surface area contributed by atoms with E-state index >= 15 is 0 Å². The number of benzene rings is 1. The van der Waals surface area contributed by atoms with E-state index in [4.69, 9.17) is 4.74 Å². The predicted octanol–water partition coefficient (Wildman–Crippen LogP) is 1.32. The molecule has 26 heavy (non-hydrogen) atoms. The SMILES string of the molecule is COc1ccc(C)cc1NC(=O)c1ccnc(N2CCN(C=O)CC2)n1. The molecule has 3 rings (SSSR count). The zero-order valence-electron chi connectivity index (χ0n) is 14.8. The van der Waals surface area contributed by atoms with E-state index in [0.717, 1.165) is 12.0 Å². The molecular formula is C18H21N5O3. The summed E-state index contributed by atoms with van der Waals surface area (Å²) in [5.41, 5.74) is 1.88. The van der Waals surface area contributed by atoms with Gasteiger partial charge in [-0.2, -0.15) is 0 Å². The maximum atomic E-state index is 12.6. The molecule has 8 heteroatoms. The third-order valence-corrected chi connectivity index (χ3v) is 4.22. The Kier molecular flexibility index (Phi) is 5.31. The monoisotopic (exact) mass is 355 g/mol. The van der Waals surface area contributed by atoms with Gasteiger partial charge in [-0.15, -0.1) is 0 Å². The Hall–Kier alpha value is -3.16. The average molecular weight is 355 g/mol. The lowest BCUT2D eigenvalue weighted by Crippen LogP contribution is -2.46. The zero-order chi connectivity index (χ0) is 18.5. The number of rotatable bonds is 5. The van der Waals surface area contributed by atoms with Crippen LogP contribution in [0.1, 0.15) is 16.1 Å². The number of piperazine rings is 1. The van der Waals surface area contributed by atoms with Crippen molar-refractivity contribution in [3.8, 4) is 5.75 Å². The first-order valence-electron chi connectivity index (χ1n) is 8.34. The summed E-state index contributed by atoms with van der Waals surface area (Å²) in [7, 11) is 1.56. The normalized spacial score (nSPS) is 14.1. The number of ether oxygens (including phenoxy) is 1. The minimum atomic E-state index is -0.330. The number of aryl methyl sites for hydroxylation is 1. The van der Waals surface area contributed by atoms with E-state index in [1.165, 1.54) is 0 Å². The molecule has 136 valence electrons. The van der Waals surface area contributed by atoms with Crippen LogP contribution in [0.4, 0.5) is 11.6 Å². The van der Waals surface area contributed by atoms with Crippen LogP contribution in [0.25, 0.3) is 0 Å². The number of hydrogen-bond acceptors (Lipinski definition) is 6. The fraction of sp³-hybridized carbons (Fsp3) is 0.333. The van der Waals surface area contributed by atoms with E-state index in [2.05, 4.69) is 15.3 Å². The molecule has 1 aliphatic heterocycles. The van der Waals surface area contributed by atoms with Gasteiger partial charge >= 0.3 is 0 Å². The fourth-order valence-electron chi connectivity index (χ4n) is 2.76. The Balaban J connectivity index is 1.75. The number of carbonyl (C=O) groups excluding carboxylic acids is 2. The molecule has 2 amide bonds. The Morgan fingerprint density at radius 1 is 1.23 bits per heavy atom. The number of aromatic nitrogens is 2. The molecule has 1 N–H and O–H groups in total. The predicted molar refractivity (Wildman–Crippen MR) is 97.6 cm³/mol. The van der Waals surface area contributed by atoms with E-state index in [9.17, 15) is 9.59 Å². The van der Waals surface area contributed by atoms with Crippen LogP contribution in [-0.2, 0) is 4.79 Å². The summed E-state index contributed by atoms with van der Waals surface area (Å²) in [6, 6.07) is 7.14. The summed E-state index contributed by atoms with van der Waals surface area (Å²) in [5.74, 6) is 0.742. The summed E-state index contributed by atoms with van der Waals surface area (Å²) in [6.07, 6.45) is 2.41. The topological polar surface area (TPSA) is 87.7 Å². The van der Waals surface area contributed by atoms with Crippen molar-refractivity contribution in [3.05, 3.63) is 41.7 Å². The van der Waals surface area contributed by atoms with E-state index in [0.29, 0.717) is 43.6 Å². The number of anilines is 2. The summed E-state index contributed by atoms with van der Waals surface area (Å²) in [5, 5.41) is 2.84. The van der Waals surface area contributed by atoms with Gasteiger partial charge in [0.05, 0.1) is 12.8 Å². The lowest BCUT2D eigenvalue weighted by molar-refractivity contribution is -0.118. The van der Waals surface area contributed by atoms with Gasteiger partial charge in [0.2, 0.25) is 12.4 Å². The van der Waals surface area contributed by atoms with Crippen LogP contribution in [0.5, 0.6) is 5.75 Å². The number of carbonyl (C=O) groups is 2. The smallest absolute Gasteiger partial charge is 0.274 e. The second-order valence-electron chi connectivity index (χ2n) is 6.03. The molecule has 1 fully saturated rings. The van der Waals surface area contributed by atoms with Crippen LogP contribution in [-0.4, -0.2) is 60.5 Å². The summed E-state index contributed by atoms with van der Waals surface area (Å²) in [6.45, 7) is 4.44. The molecule has 1 saturated heterocycles. The molecule has 0 unspecified atom stereocenters. The second kappa shape index (κ2) is 7.81. The van der Waals surface area contributed by atoms with E-state index in [1.54, 1.807) is 24.3 Å². The van der Waals surface area contributed by atoms with Gasteiger partial charge in [0.15, 0.2) is 0 Å². The van der Waals surface area contributed by atoms with E-state index in [1.807, 2.05) is 30.0 Å². The number of methoxy groups -OCH3 is 1. The largest absolute Gasteiger partial charge is 0.495 e. The van der Waals surface area contributed by atoms with Crippen LogP contribution in [0.15, 0.2) is 30.5 Å². The van der Waals surface area contributed by atoms with Gasteiger partial charge in [0, 0.05) is 32.4 Å². The van der Waals surface area contributed by atoms with Crippen molar-refractivity contribution in [1.29, 1.82) is 0 Å². The van der Waals surface area contributed by atoms with Gasteiger partial charge < -0.3 is 19.9 Å². The molecule has 0 atom stereocenters. The highest BCUT2D eigenvalue weighted by molar-refractivity contribution is 6.03. The van der Waals surface area contributed by atoms with Gasteiger partial charge in [0.25, 0.3) is 5.91 Å². The Bertz CT molecular complexity index is 803. The first-order chi connectivity index (χ1) is 12.6. The molecule has 1 aromatic carbocycles. The molecule has 0 saturated carbocycles. The Morgan fingerprint density at radius 2 is 2.00 bits per heavy atom. The Morgan fingerprint density at radius 3 is 2.69 bits per heavy atom. The number of nitrogens with zero attached hydrogens (tertiary/aromatic N) is 4. The van der Waals surface area contributed by atoms with E-state index in [-0.39, 0.29) is 11.6 Å². The first-order valence-corrected chi connectivity index (χ1v) is 8.34. The zero-order valence-corrected chi connectivity index (χ0v) is 14.8. The highest BCUT2D eigenvalue weighted by Gasteiger charge is 2.19. The van der Waals surface area contributed by atoms with Crippen LogP contribution >= 0.6 is 0 Å². The van der Waals surface area contributed by atoms with Crippen molar-refractivity contribution in [1.82, 2.24) is 14.9 Å². The highest BCUT2D eigenvalue weighted by Crippen LogP contribution is 2.25. The quantitative estimate of drug-likeness (QED) is 0.814. The summed E-state index contributed by atoms with van der Waals surface area (Å²) < 4.78 is 5.29. The first kappa shape index (κ1) is 17.7. The van der Waals surface area contributed by atoms with Crippen LogP contribution in [0.3, 0.4) is 0 Å². The molecular weight excluding hydrogens is 334 g/mol. The second-order valence-corrected chi connectivity index (χ2v) is 6.03. The number of amides is 2. The highest BCUT2D eigenvalue weighted by atomic mass is 16.5. The maximum absolute atomic E-state index is 12.6. The minimum Gasteiger partial charge on any atom is -0.495 e. The Labute approximate surface area is 151 Å². The van der Waals surface area contributed by atoms with Crippen molar-refractivity contribution >= 4 is 24.0 Å². The molecule has 0 bridgehead atoms. The van der Waals surface area contributed by atoms with Gasteiger partial charge in [-0.05, 0) is 30.7 Å². The van der Waals surface area contributed by atoms with Gasteiger partial charge in [-0.3, -0.25) is 9.59 Å². The molecule has 0 radical (unpaired) electrons. The lowest BCUT2D eigenvalue weighted by Gasteiger charge is -2.32. The minimum absolute atomic E-state index is 0.274. The molecule has 0 spiro atoms. The van der Waals surface area contributed by atoms with Crippen molar-refractivity contribution in [2.45, 2.75) is 6.92 Å². The van der Waals surface area contributed by atoms with Crippen molar-refractivity contribution < 1.29 is 14.3 Å². The molecule has 0 aliphatic carbocycles. The van der Waals surface area contributed by atoms with Gasteiger partial charge in [-0.1, -0.05) is 6.07 Å². The number of hydrogen-bond donors (Lipinski definition) is 1. The molecule has 2 aromatic rings. The van der Waals surface area contributed by atoms with Gasteiger partial charge in [-0.25, -0.2) is 9.97 Å². The van der Waals surface area contributed by atoms with Crippen molar-refractivity contribution in [2.75, 3.05) is 43.5 Å². The van der Waals surface area contributed by atoms with Gasteiger partial charge in [0.1, 0.15) is 11.4 Å². The van der Waals surface area contributed by atoms with Crippen LogP contribution in [0.2, 0.25) is 0 Å². The lowest BCUT2D eigenvalue weighted by atomic mass is 10.2. The summed E-state index contributed by atoms with van der Waals surface area (Å²) >= 11 is 0. The molecule has 8 nitrogen and oxygen atoms in total. The number of nitrogens with one attached hydrogen (secondary N) is 1. The molecule has 1 aliphatic rings. The summed E-state index contributed by atoms with van der Waals surface area (Å²) in [4.78, 5) is 35.7. The fourth-order valence-corrected chi connectivity index (χ4v) is 2.76. The molecule has 1 aromatic heterocycles.